The maximum Gasteiger partial charge on any atom is 0.129 e. The number of hydrogen-bond acceptors (Lipinski definition) is 0. The van der Waals surface area contributed by atoms with E-state index in [9.17, 15) is 8.78 Å². The Kier molecular flexibility index (Phi) is 5.81. The van der Waals surface area contributed by atoms with Crippen LogP contribution in [0.4, 0.5) is 8.78 Å². The first kappa shape index (κ1) is 16.9. The van der Waals surface area contributed by atoms with Gasteiger partial charge < -0.3 is 0 Å². The Balaban J connectivity index is 2.45. The summed E-state index contributed by atoms with van der Waals surface area (Å²) in [4.78, 5) is 0. The van der Waals surface area contributed by atoms with E-state index in [1.807, 2.05) is 12.1 Å². The number of halogens is 5. The maximum atomic E-state index is 13.9. The zero-order chi connectivity index (χ0) is 15.5. The van der Waals surface area contributed by atoms with E-state index in [4.69, 9.17) is 11.6 Å². The molecule has 5 heteroatoms. The van der Waals surface area contributed by atoms with Crippen molar-refractivity contribution in [3.05, 3.63) is 70.2 Å². The molecule has 0 atom stereocenters. The van der Waals surface area contributed by atoms with E-state index in [2.05, 4.69) is 31.9 Å². The Hall–Kier alpha value is -0.450. The Morgan fingerprint density at radius 2 is 1.43 bits per heavy atom. The van der Waals surface area contributed by atoms with E-state index in [0.29, 0.717) is 15.7 Å². The smallest absolute Gasteiger partial charge is 0.129 e. The SMILES string of the molecule is Fc1cccc(F)c1CC(CBr)(CBr)c1ccc(Cl)cc1. The van der Waals surface area contributed by atoms with Crippen LogP contribution < -0.4 is 0 Å². The molecule has 0 radical (unpaired) electrons. The second kappa shape index (κ2) is 7.21. The highest BCUT2D eigenvalue weighted by Gasteiger charge is 2.32. The van der Waals surface area contributed by atoms with Crippen LogP contribution in [0, 0.1) is 11.6 Å². The summed E-state index contributed by atoms with van der Waals surface area (Å²) in [6.45, 7) is 0. The Bertz CT molecular complexity index is 590. The first-order chi connectivity index (χ1) is 10.0. The summed E-state index contributed by atoms with van der Waals surface area (Å²) in [6.07, 6.45) is 0.254. The van der Waals surface area contributed by atoms with Crippen LogP contribution in [-0.4, -0.2) is 10.7 Å². The minimum absolute atomic E-state index is 0.103. The van der Waals surface area contributed by atoms with Crippen LogP contribution in [-0.2, 0) is 11.8 Å². The van der Waals surface area contributed by atoms with Gasteiger partial charge in [0, 0.05) is 26.7 Å². The highest BCUT2D eigenvalue weighted by Crippen LogP contribution is 2.34. The molecule has 2 aromatic carbocycles. The summed E-state index contributed by atoms with van der Waals surface area (Å²) in [5.41, 5.74) is 0.628. The second-order valence-corrected chi connectivity index (χ2v) is 6.49. The topological polar surface area (TPSA) is 0 Å². The van der Waals surface area contributed by atoms with E-state index < -0.39 is 17.0 Å². The summed E-state index contributed by atoms with van der Waals surface area (Å²) in [6, 6.07) is 11.3. The first-order valence-electron chi connectivity index (χ1n) is 6.33. The quantitative estimate of drug-likeness (QED) is 0.511. The van der Waals surface area contributed by atoms with Crippen molar-refractivity contribution in [2.75, 3.05) is 10.7 Å². The van der Waals surface area contributed by atoms with Crippen LogP contribution in [0.3, 0.4) is 0 Å². The molecule has 112 valence electrons. The molecule has 0 saturated heterocycles. The van der Waals surface area contributed by atoms with Gasteiger partial charge in [0.15, 0.2) is 0 Å². The minimum Gasteiger partial charge on any atom is -0.207 e. The lowest BCUT2D eigenvalue weighted by Crippen LogP contribution is -2.33. The third kappa shape index (κ3) is 3.66. The molecule has 0 heterocycles. The summed E-state index contributed by atoms with van der Waals surface area (Å²) >= 11 is 12.9. The van der Waals surface area contributed by atoms with Crippen molar-refractivity contribution >= 4 is 43.5 Å². The number of alkyl halides is 2. The molecule has 0 aromatic heterocycles. The van der Waals surface area contributed by atoms with Crippen LogP contribution in [0.5, 0.6) is 0 Å². The second-order valence-electron chi connectivity index (χ2n) is 4.93. The lowest BCUT2D eigenvalue weighted by atomic mass is 9.79. The monoisotopic (exact) mass is 436 g/mol. The first-order valence-corrected chi connectivity index (χ1v) is 8.95. The minimum atomic E-state index is -0.518. The van der Waals surface area contributed by atoms with Crippen molar-refractivity contribution in [1.29, 1.82) is 0 Å². The lowest BCUT2D eigenvalue weighted by Gasteiger charge is -2.31. The zero-order valence-corrected chi connectivity index (χ0v) is 15.0. The molecule has 0 unspecified atom stereocenters. The van der Waals surface area contributed by atoms with Crippen LogP contribution in [0.25, 0.3) is 0 Å². The average Bonchev–Trinajstić information content (AvgIpc) is 2.49. The lowest BCUT2D eigenvalue weighted by molar-refractivity contribution is 0.491. The standard InChI is InChI=1S/C16H13Br2ClF2/c17-9-16(10-18,11-4-6-12(19)7-5-11)8-13-14(20)2-1-3-15(13)21/h1-7H,8-10H2. The fourth-order valence-electron chi connectivity index (χ4n) is 2.23. The summed E-state index contributed by atoms with van der Waals surface area (Å²) in [5.74, 6) is -1.04. The predicted molar refractivity (Wildman–Crippen MR) is 90.8 cm³/mol. The highest BCUT2D eigenvalue weighted by atomic mass is 79.9. The Morgan fingerprint density at radius 3 is 1.90 bits per heavy atom. The molecule has 0 N–H and O–H groups in total. The van der Waals surface area contributed by atoms with Crippen molar-refractivity contribution in [3.8, 4) is 0 Å². The van der Waals surface area contributed by atoms with E-state index in [1.165, 1.54) is 18.2 Å². The normalized spacial score (nSPS) is 11.7. The maximum absolute atomic E-state index is 13.9. The Morgan fingerprint density at radius 1 is 0.905 bits per heavy atom. The molecule has 0 aliphatic rings. The highest BCUT2D eigenvalue weighted by molar-refractivity contribution is 9.09. The van der Waals surface area contributed by atoms with Gasteiger partial charge >= 0.3 is 0 Å². The van der Waals surface area contributed by atoms with E-state index >= 15 is 0 Å². The van der Waals surface area contributed by atoms with Crippen LogP contribution in [0.15, 0.2) is 42.5 Å². The van der Waals surface area contributed by atoms with Gasteiger partial charge in [-0.3, -0.25) is 0 Å². The average molecular weight is 439 g/mol. The molecule has 2 aromatic rings. The summed E-state index contributed by atoms with van der Waals surface area (Å²) < 4.78 is 27.9. The third-order valence-corrected chi connectivity index (χ3v) is 5.94. The van der Waals surface area contributed by atoms with Crippen molar-refractivity contribution < 1.29 is 8.78 Å². The molecular formula is C16H13Br2ClF2. The van der Waals surface area contributed by atoms with Crippen molar-refractivity contribution in [1.82, 2.24) is 0 Å². The molecule has 0 fully saturated rings. The van der Waals surface area contributed by atoms with E-state index in [1.54, 1.807) is 12.1 Å². The largest absolute Gasteiger partial charge is 0.207 e. The van der Waals surface area contributed by atoms with Gasteiger partial charge in [-0.25, -0.2) is 8.78 Å². The molecular weight excluding hydrogens is 425 g/mol. The van der Waals surface area contributed by atoms with Gasteiger partial charge in [-0.05, 0) is 36.2 Å². The van der Waals surface area contributed by atoms with Gasteiger partial charge in [-0.2, -0.15) is 0 Å². The van der Waals surface area contributed by atoms with Crippen LogP contribution in [0.2, 0.25) is 5.02 Å². The molecule has 0 aliphatic heterocycles. The molecule has 0 saturated carbocycles. The third-order valence-electron chi connectivity index (χ3n) is 3.55. The van der Waals surface area contributed by atoms with Crippen LogP contribution in [0.1, 0.15) is 11.1 Å². The van der Waals surface area contributed by atoms with E-state index in [-0.39, 0.29) is 12.0 Å². The fraction of sp³-hybridized carbons (Fsp3) is 0.250. The summed E-state index contributed by atoms with van der Waals surface area (Å²) in [7, 11) is 0. The number of hydrogen-bond donors (Lipinski definition) is 0. The van der Waals surface area contributed by atoms with Gasteiger partial charge in [-0.15, -0.1) is 0 Å². The molecule has 0 nitrogen and oxygen atoms in total. The van der Waals surface area contributed by atoms with Gasteiger partial charge in [0.25, 0.3) is 0 Å². The van der Waals surface area contributed by atoms with Crippen LogP contribution >= 0.6 is 43.5 Å². The van der Waals surface area contributed by atoms with Crippen molar-refractivity contribution in [2.45, 2.75) is 11.8 Å². The predicted octanol–water partition coefficient (Wildman–Crippen LogP) is 5.89. The fourth-order valence-corrected chi connectivity index (χ4v) is 4.33. The molecule has 2 rings (SSSR count). The molecule has 0 bridgehead atoms. The van der Waals surface area contributed by atoms with Gasteiger partial charge in [-0.1, -0.05) is 61.7 Å². The molecule has 21 heavy (non-hydrogen) atoms. The van der Waals surface area contributed by atoms with Crippen molar-refractivity contribution in [3.63, 3.8) is 0 Å². The van der Waals surface area contributed by atoms with Gasteiger partial charge in [0.2, 0.25) is 0 Å². The van der Waals surface area contributed by atoms with Gasteiger partial charge in [0.1, 0.15) is 11.6 Å². The number of benzene rings is 2. The van der Waals surface area contributed by atoms with Crippen molar-refractivity contribution in [2.24, 2.45) is 0 Å². The Labute approximate surface area is 144 Å². The molecule has 0 aliphatic carbocycles. The van der Waals surface area contributed by atoms with E-state index in [0.717, 1.165) is 5.56 Å². The van der Waals surface area contributed by atoms with Gasteiger partial charge in [0.05, 0.1) is 0 Å². The summed E-state index contributed by atoms with van der Waals surface area (Å²) in [5, 5.41) is 1.77. The number of rotatable bonds is 5. The molecule has 0 amide bonds. The molecule has 0 spiro atoms. The zero-order valence-electron chi connectivity index (χ0n) is 11.1.